The van der Waals surface area contributed by atoms with Gasteiger partial charge in [-0.1, -0.05) is 0 Å². The summed E-state index contributed by atoms with van der Waals surface area (Å²) >= 11 is 0. The summed E-state index contributed by atoms with van der Waals surface area (Å²) in [4.78, 5) is 13.4. The Hall–Kier alpha value is -0.780. The first-order chi connectivity index (χ1) is 8.33. The van der Waals surface area contributed by atoms with Crippen molar-refractivity contribution in [2.45, 2.75) is 70.3 Å². The van der Waals surface area contributed by atoms with E-state index in [4.69, 9.17) is 4.74 Å². The SMILES string of the molecule is CN1C(C)(C)CC(OC(=O)CC(F)(F)F)CC1(C)C. The number of halogens is 3. The minimum Gasteiger partial charge on any atom is -0.462 e. The molecule has 0 aromatic rings. The molecule has 112 valence electrons. The van der Waals surface area contributed by atoms with E-state index in [0.29, 0.717) is 12.8 Å². The summed E-state index contributed by atoms with van der Waals surface area (Å²) in [5.74, 6) is -1.19. The summed E-state index contributed by atoms with van der Waals surface area (Å²) in [7, 11) is 1.98. The highest BCUT2D eigenvalue weighted by Crippen LogP contribution is 2.38. The van der Waals surface area contributed by atoms with Crippen LogP contribution in [-0.2, 0) is 9.53 Å². The van der Waals surface area contributed by atoms with Gasteiger partial charge in [-0.25, -0.2) is 0 Å². The molecule has 0 radical (unpaired) electrons. The van der Waals surface area contributed by atoms with E-state index in [9.17, 15) is 18.0 Å². The summed E-state index contributed by atoms with van der Waals surface area (Å²) in [6.45, 7) is 7.99. The van der Waals surface area contributed by atoms with Crippen LogP contribution in [0.1, 0.15) is 47.0 Å². The van der Waals surface area contributed by atoms with Crippen LogP contribution in [0, 0.1) is 0 Å². The molecule has 0 N–H and O–H groups in total. The third kappa shape index (κ3) is 4.37. The van der Waals surface area contributed by atoms with Crippen LogP contribution in [0.5, 0.6) is 0 Å². The smallest absolute Gasteiger partial charge is 0.399 e. The molecule has 6 heteroatoms. The zero-order valence-corrected chi connectivity index (χ0v) is 12.1. The van der Waals surface area contributed by atoms with Crippen molar-refractivity contribution in [2.75, 3.05) is 7.05 Å². The number of hydrogen-bond donors (Lipinski definition) is 0. The molecule has 1 aliphatic rings. The highest BCUT2D eigenvalue weighted by atomic mass is 19.4. The van der Waals surface area contributed by atoms with E-state index in [1.165, 1.54) is 0 Å². The molecule has 1 heterocycles. The van der Waals surface area contributed by atoms with Crippen LogP contribution in [-0.4, -0.2) is 41.3 Å². The molecule has 0 unspecified atom stereocenters. The van der Waals surface area contributed by atoms with E-state index in [0.717, 1.165) is 0 Å². The van der Waals surface area contributed by atoms with Crippen molar-refractivity contribution in [3.8, 4) is 0 Å². The molecule has 0 aromatic heterocycles. The Labute approximate surface area is 112 Å². The van der Waals surface area contributed by atoms with Gasteiger partial charge in [0.1, 0.15) is 12.5 Å². The summed E-state index contributed by atoms with van der Waals surface area (Å²) in [6, 6.07) is 0. The molecule has 1 fully saturated rings. The van der Waals surface area contributed by atoms with Crippen molar-refractivity contribution < 1.29 is 22.7 Å². The van der Waals surface area contributed by atoms with Gasteiger partial charge in [0.15, 0.2) is 0 Å². The fraction of sp³-hybridized carbons (Fsp3) is 0.923. The van der Waals surface area contributed by atoms with Crippen LogP contribution < -0.4 is 0 Å². The Morgan fingerprint density at radius 2 is 1.63 bits per heavy atom. The molecule has 0 spiro atoms. The maximum Gasteiger partial charge on any atom is 0.399 e. The van der Waals surface area contributed by atoms with E-state index in [-0.39, 0.29) is 11.1 Å². The Kier molecular flexibility index (Phi) is 4.25. The van der Waals surface area contributed by atoms with Crippen molar-refractivity contribution in [3.63, 3.8) is 0 Å². The van der Waals surface area contributed by atoms with E-state index in [2.05, 4.69) is 4.90 Å². The van der Waals surface area contributed by atoms with Gasteiger partial charge in [-0.15, -0.1) is 0 Å². The van der Waals surface area contributed by atoms with Crippen LogP contribution in [0.25, 0.3) is 0 Å². The van der Waals surface area contributed by atoms with Crippen molar-refractivity contribution in [3.05, 3.63) is 0 Å². The number of alkyl halides is 3. The lowest BCUT2D eigenvalue weighted by Crippen LogP contribution is -2.60. The molecule has 0 bridgehead atoms. The zero-order valence-electron chi connectivity index (χ0n) is 12.1. The van der Waals surface area contributed by atoms with Gasteiger partial charge in [-0.3, -0.25) is 9.69 Å². The Balaban J connectivity index is 2.68. The topological polar surface area (TPSA) is 29.5 Å². The van der Waals surface area contributed by atoms with E-state index in [1.54, 1.807) is 0 Å². The van der Waals surface area contributed by atoms with Crippen LogP contribution in [0.2, 0.25) is 0 Å². The summed E-state index contributed by atoms with van der Waals surface area (Å²) in [6.07, 6.45) is -5.41. The number of likely N-dealkylation sites (tertiary alicyclic amines) is 1. The van der Waals surface area contributed by atoms with Gasteiger partial charge in [0.25, 0.3) is 0 Å². The van der Waals surface area contributed by atoms with Crippen molar-refractivity contribution in [1.82, 2.24) is 4.90 Å². The number of carbonyl (C=O) groups excluding carboxylic acids is 1. The number of carbonyl (C=O) groups is 1. The summed E-state index contributed by atoms with van der Waals surface area (Å²) < 4.78 is 41.4. The van der Waals surface area contributed by atoms with Gasteiger partial charge >= 0.3 is 12.1 Å². The molecular formula is C13H22F3NO2. The zero-order chi connectivity index (χ0) is 15.1. The highest BCUT2D eigenvalue weighted by Gasteiger charge is 2.45. The molecule has 3 nitrogen and oxygen atoms in total. The van der Waals surface area contributed by atoms with Crippen molar-refractivity contribution >= 4 is 5.97 Å². The van der Waals surface area contributed by atoms with Gasteiger partial charge in [-0.2, -0.15) is 13.2 Å². The summed E-state index contributed by atoms with van der Waals surface area (Å²) in [5.41, 5.74) is -0.435. The molecule has 1 aliphatic heterocycles. The van der Waals surface area contributed by atoms with Gasteiger partial charge in [-0.05, 0) is 34.7 Å². The number of rotatable bonds is 2. The van der Waals surface area contributed by atoms with Crippen LogP contribution in [0.4, 0.5) is 13.2 Å². The maximum atomic E-state index is 12.1. The Bertz CT molecular complexity index is 332. The Morgan fingerprint density at radius 1 is 1.21 bits per heavy atom. The van der Waals surface area contributed by atoms with E-state index >= 15 is 0 Å². The molecule has 0 aromatic carbocycles. The highest BCUT2D eigenvalue weighted by molar-refractivity contribution is 5.70. The number of piperidine rings is 1. The van der Waals surface area contributed by atoms with Crippen LogP contribution >= 0.6 is 0 Å². The van der Waals surface area contributed by atoms with Crippen LogP contribution in [0.15, 0.2) is 0 Å². The molecule has 1 saturated heterocycles. The second-order valence-corrected chi connectivity index (χ2v) is 6.50. The Morgan fingerprint density at radius 3 is 2.00 bits per heavy atom. The van der Waals surface area contributed by atoms with E-state index in [1.807, 2.05) is 34.7 Å². The van der Waals surface area contributed by atoms with Gasteiger partial charge in [0.05, 0.1) is 0 Å². The normalized spacial score (nSPS) is 24.2. The van der Waals surface area contributed by atoms with Crippen molar-refractivity contribution in [1.29, 1.82) is 0 Å². The summed E-state index contributed by atoms with van der Waals surface area (Å²) in [5, 5.41) is 0. The third-order valence-corrected chi connectivity index (χ3v) is 3.91. The lowest BCUT2D eigenvalue weighted by Gasteiger charge is -2.53. The minimum absolute atomic E-state index is 0.217. The standard InChI is InChI=1S/C13H22F3NO2/c1-11(2)6-9(7-12(3,4)17(11)5)19-10(18)8-13(14,15)16/h9H,6-8H2,1-5H3. The largest absolute Gasteiger partial charge is 0.462 e. The molecule has 0 saturated carbocycles. The van der Waals surface area contributed by atoms with Crippen molar-refractivity contribution in [2.24, 2.45) is 0 Å². The molecule has 19 heavy (non-hydrogen) atoms. The number of ether oxygens (including phenoxy) is 1. The van der Waals surface area contributed by atoms with E-state index < -0.39 is 24.7 Å². The monoisotopic (exact) mass is 281 g/mol. The molecular weight excluding hydrogens is 259 g/mol. The average Bonchev–Trinajstić information content (AvgIpc) is 2.09. The van der Waals surface area contributed by atoms with Crippen LogP contribution in [0.3, 0.4) is 0 Å². The number of hydrogen-bond acceptors (Lipinski definition) is 3. The predicted octanol–water partition coefficient (Wildman–Crippen LogP) is 3.13. The van der Waals surface area contributed by atoms with Gasteiger partial charge in [0.2, 0.25) is 0 Å². The molecule has 0 atom stereocenters. The second kappa shape index (κ2) is 4.96. The first kappa shape index (κ1) is 16.3. The molecule has 1 rings (SSSR count). The lowest BCUT2D eigenvalue weighted by molar-refractivity contribution is -0.181. The first-order valence-electron chi connectivity index (χ1n) is 6.34. The average molecular weight is 281 g/mol. The fourth-order valence-electron chi connectivity index (χ4n) is 2.75. The number of nitrogens with zero attached hydrogens (tertiary/aromatic N) is 1. The lowest BCUT2D eigenvalue weighted by atomic mass is 9.79. The second-order valence-electron chi connectivity index (χ2n) is 6.50. The number of esters is 1. The maximum absolute atomic E-state index is 12.1. The third-order valence-electron chi connectivity index (χ3n) is 3.91. The first-order valence-corrected chi connectivity index (χ1v) is 6.34. The van der Waals surface area contributed by atoms with Gasteiger partial charge < -0.3 is 4.74 Å². The predicted molar refractivity (Wildman–Crippen MR) is 65.7 cm³/mol. The molecule has 0 aliphatic carbocycles. The quantitative estimate of drug-likeness (QED) is 0.728. The molecule has 0 amide bonds. The fourth-order valence-corrected chi connectivity index (χ4v) is 2.75. The van der Waals surface area contributed by atoms with Gasteiger partial charge in [0, 0.05) is 23.9 Å². The minimum atomic E-state index is -4.51.